The summed E-state index contributed by atoms with van der Waals surface area (Å²) in [7, 11) is -4.03. The quantitative estimate of drug-likeness (QED) is 0.185. The summed E-state index contributed by atoms with van der Waals surface area (Å²) in [5.74, 6) is -0.538. The molecule has 0 unspecified atom stereocenters. The van der Waals surface area contributed by atoms with Crippen LogP contribution in [0, 0.1) is 6.92 Å². The lowest BCUT2D eigenvalue weighted by atomic mass is 10.1. The monoisotopic (exact) mass is 595 g/mol. The van der Waals surface area contributed by atoms with Gasteiger partial charge >= 0.3 is 0 Å². The maximum atomic E-state index is 13.9. The summed E-state index contributed by atoms with van der Waals surface area (Å²) in [6.45, 7) is 1.89. The molecule has 0 aliphatic heterocycles. The van der Waals surface area contributed by atoms with Crippen LogP contribution in [0.5, 0.6) is 0 Å². The molecule has 37 heavy (non-hydrogen) atoms. The fraction of sp³-hybridized carbons (Fsp3) is 0.0714. The van der Waals surface area contributed by atoms with Gasteiger partial charge in [-0.2, -0.15) is 5.10 Å². The summed E-state index contributed by atoms with van der Waals surface area (Å²) in [4.78, 5) is 13.3. The number of carbonyl (C=O) groups is 1. The van der Waals surface area contributed by atoms with E-state index in [1.807, 2.05) is 31.2 Å². The summed E-state index contributed by atoms with van der Waals surface area (Å²) in [5.41, 5.74) is 5.35. The second kappa shape index (κ2) is 11.7. The Morgan fingerprint density at radius 3 is 2.27 bits per heavy atom. The molecule has 4 rings (SSSR count). The van der Waals surface area contributed by atoms with Gasteiger partial charge in [0.1, 0.15) is 0 Å². The Hall–Kier alpha value is -3.46. The van der Waals surface area contributed by atoms with Crippen molar-refractivity contribution < 1.29 is 13.2 Å². The molecule has 0 bridgehead atoms. The van der Waals surface area contributed by atoms with E-state index in [1.165, 1.54) is 10.5 Å². The minimum atomic E-state index is -4.03. The zero-order chi connectivity index (χ0) is 26.4. The molecule has 9 heteroatoms. The molecule has 0 aliphatic carbocycles. The molecule has 0 heterocycles. The molecular formula is C28H23BrClN3O3S. The summed E-state index contributed by atoms with van der Waals surface area (Å²) >= 11 is 9.41. The number of rotatable bonds is 8. The minimum Gasteiger partial charge on any atom is -0.267 e. The topological polar surface area (TPSA) is 78.8 Å². The summed E-state index contributed by atoms with van der Waals surface area (Å²) in [6, 6.07) is 27.5. The van der Waals surface area contributed by atoms with Gasteiger partial charge in [-0.3, -0.25) is 9.10 Å². The Kier molecular flexibility index (Phi) is 8.43. The highest BCUT2D eigenvalue weighted by molar-refractivity contribution is 9.10. The van der Waals surface area contributed by atoms with Gasteiger partial charge in [-0.1, -0.05) is 81.6 Å². The van der Waals surface area contributed by atoms with Crippen molar-refractivity contribution in [1.29, 1.82) is 0 Å². The molecule has 0 saturated carbocycles. The lowest BCUT2D eigenvalue weighted by Gasteiger charge is -2.26. The van der Waals surface area contributed by atoms with E-state index in [4.69, 9.17) is 11.6 Å². The molecule has 6 nitrogen and oxygen atoms in total. The zero-order valence-electron chi connectivity index (χ0n) is 19.8. The number of hydrazone groups is 1. The second-order valence-corrected chi connectivity index (χ2v) is 11.4. The zero-order valence-corrected chi connectivity index (χ0v) is 23.0. The van der Waals surface area contributed by atoms with Gasteiger partial charge in [0.25, 0.3) is 15.9 Å². The van der Waals surface area contributed by atoms with Gasteiger partial charge in [0.05, 0.1) is 28.9 Å². The van der Waals surface area contributed by atoms with Crippen LogP contribution in [0.15, 0.2) is 112 Å². The number of anilines is 1. The van der Waals surface area contributed by atoms with Crippen LogP contribution in [0.3, 0.4) is 0 Å². The molecule has 0 radical (unpaired) electrons. The van der Waals surface area contributed by atoms with Crippen LogP contribution in [0.2, 0.25) is 5.02 Å². The average molecular weight is 597 g/mol. The Morgan fingerprint density at radius 1 is 0.946 bits per heavy atom. The molecule has 1 N–H and O–H groups in total. The molecule has 0 aliphatic rings. The fourth-order valence-electron chi connectivity index (χ4n) is 3.55. The third-order valence-corrected chi connectivity index (χ3v) is 8.07. The maximum absolute atomic E-state index is 13.9. The molecule has 4 aromatic rings. The van der Waals surface area contributed by atoms with Crippen molar-refractivity contribution in [1.82, 2.24) is 5.43 Å². The van der Waals surface area contributed by atoms with Crippen molar-refractivity contribution in [3.63, 3.8) is 0 Å². The van der Waals surface area contributed by atoms with Crippen molar-refractivity contribution in [2.45, 2.75) is 18.4 Å². The highest BCUT2D eigenvalue weighted by Crippen LogP contribution is 2.30. The van der Waals surface area contributed by atoms with Crippen molar-refractivity contribution in [3.8, 4) is 0 Å². The molecule has 0 saturated heterocycles. The fourth-order valence-corrected chi connectivity index (χ4v) is 5.41. The Morgan fingerprint density at radius 2 is 1.59 bits per heavy atom. The molecule has 1 amide bonds. The van der Waals surface area contributed by atoms with Crippen LogP contribution in [0.4, 0.5) is 5.69 Å². The van der Waals surface area contributed by atoms with Gasteiger partial charge in [-0.05, 0) is 66.6 Å². The van der Waals surface area contributed by atoms with Crippen LogP contribution in [0.1, 0.15) is 27.0 Å². The van der Waals surface area contributed by atoms with Gasteiger partial charge in [-0.25, -0.2) is 13.8 Å². The standard InChI is InChI=1S/C28H23BrClN3O3S/c1-20-6-16-25(17-7-20)37(35,36)33(19-22-10-14-24(30)15-11-22)27-5-3-2-4-26(27)28(34)32-31-18-21-8-12-23(29)13-9-21/h2-18H,19H2,1H3,(H,32,34)/b31-18-. The lowest BCUT2D eigenvalue weighted by molar-refractivity contribution is 0.0955. The number of hydrogen-bond acceptors (Lipinski definition) is 4. The van der Waals surface area contributed by atoms with Gasteiger partial charge in [-0.15, -0.1) is 0 Å². The summed E-state index contributed by atoms with van der Waals surface area (Å²) < 4.78 is 29.9. The van der Waals surface area contributed by atoms with E-state index >= 15 is 0 Å². The van der Waals surface area contributed by atoms with Gasteiger partial charge in [0, 0.05) is 9.50 Å². The largest absolute Gasteiger partial charge is 0.273 e. The number of aryl methyl sites for hydroxylation is 1. The lowest BCUT2D eigenvalue weighted by Crippen LogP contribution is -2.33. The van der Waals surface area contributed by atoms with Crippen molar-refractivity contribution in [3.05, 3.63) is 129 Å². The van der Waals surface area contributed by atoms with E-state index < -0.39 is 15.9 Å². The first-order valence-corrected chi connectivity index (χ1v) is 13.9. The molecule has 0 atom stereocenters. The van der Waals surface area contributed by atoms with E-state index in [0.717, 1.165) is 15.6 Å². The van der Waals surface area contributed by atoms with Crippen molar-refractivity contribution in [2.75, 3.05) is 4.31 Å². The van der Waals surface area contributed by atoms with Crippen LogP contribution in [0.25, 0.3) is 0 Å². The van der Waals surface area contributed by atoms with Crippen LogP contribution >= 0.6 is 27.5 Å². The van der Waals surface area contributed by atoms with Gasteiger partial charge in [0.2, 0.25) is 0 Å². The number of nitrogens with one attached hydrogen (secondary N) is 1. The van der Waals surface area contributed by atoms with Crippen molar-refractivity contribution >= 4 is 55.4 Å². The van der Waals surface area contributed by atoms with Gasteiger partial charge in [0.15, 0.2) is 0 Å². The summed E-state index contributed by atoms with van der Waals surface area (Å²) in [6.07, 6.45) is 1.52. The van der Waals surface area contributed by atoms with E-state index in [2.05, 4.69) is 26.5 Å². The smallest absolute Gasteiger partial charge is 0.267 e. The number of halogens is 2. The Balaban J connectivity index is 1.70. The number of sulfonamides is 1. The van der Waals surface area contributed by atoms with Crippen LogP contribution in [-0.2, 0) is 16.6 Å². The van der Waals surface area contributed by atoms with Crippen LogP contribution < -0.4 is 9.73 Å². The molecular weight excluding hydrogens is 574 g/mol. The number of para-hydroxylation sites is 1. The molecule has 0 fully saturated rings. The van der Waals surface area contributed by atoms with Gasteiger partial charge < -0.3 is 0 Å². The van der Waals surface area contributed by atoms with E-state index in [-0.39, 0.29) is 22.7 Å². The maximum Gasteiger partial charge on any atom is 0.273 e. The molecule has 0 spiro atoms. The summed E-state index contributed by atoms with van der Waals surface area (Å²) in [5, 5.41) is 4.59. The number of hydrogen-bond donors (Lipinski definition) is 1. The number of carbonyl (C=O) groups excluding carboxylic acids is 1. The first-order valence-electron chi connectivity index (χ1n) is 11.3. The third kappa shape index (κ3) is 6.65. The van der Waals surface area contributed by atoms with Crippen LogP contribution in [-0.4, -0.2) is 20.5 Å². The Labute approximate surface area is 229 Å². The molecule has 4 aromatic carbocycles. The highest BCUT2D eigenvalue weighted by Gasteiger charge is 2.28. The molecule has 188 valence electrons. The minimum absolute atomic E-state index is 0.000166. The third-order valence-electron chi connectivity index (χ3n) is 5.52. The SMILES string of the molecule is Cc1ccc(S(=O)(=O)N(Cc2ccc(Cl)cc2)c2ccccc2C(=O)N/N=C\c2ccc(Br)cc2)cc1. The first kappa shape index (κ1) is 26.6. The average Bonchev–Trinajstić information content (AvgIpc) is 2.89. The first-order chi connectivity index (χ1) is 17.7. The predicted octanol–water partition coefficient (Wildman–Crippen LogP) is 6.57. The molecule has 0 aromatic heterocycles. The highest BCUT2D eigenvalue weighted by atomic mass is 79.9. The Bertz CT molecular complexity index is 1520. The second-order valence-electron chi connectivity index (χ2n) is 8.22. The number of nitrogens with zero attached hydrogens (tertiary/aromatic N) is 2. The predicted molar refractivity (Wildman–Crippen MR) is 152 cm³/mol. The number of benzene rings is 4. The number of amides is 1. The van der Waals surface area contributed by atoms with E-state index in [9.17, 15) is 13.2 Å². The van der Waals surface area contributed by atoms with E-state index in [0.29, 0.717) is 10.6 Å². The van der Waals surface area contributed by atoms with E-state index in [1.54, 1.807) is 72.8 Å². The normalized spacial score (nSPS) is 11.4. The van der Waals surface area contributed by atoms with Crippen molar-refractivity contribution in [2.24, 2.45) is 5.10 Å².